The molecule has 1 atom stereocenters. The van der Waals surface area contributed by atoms with Crippen LogP contribution in [-0.4, -0.2) is 16.2 Å². The highest BCUT2D eigenvalue weighted by atomic mass is 35.5. The van der Waals surface area contributed by atoms with Gasteiger partial charge in [-0.1, -0.05) is 11.6 Å². The van der Waals surface area contributed by atoms with Crippen molar-refractivity contribution in [2.75, 3.05) is 0 Å². The van der Waals surface area contributed by atoms with Gasteiger partial charge in [0.1, 0.15) is 6.10 Å². The molecule has 0 unspecified atom stereocenters. The second-order valence-corrected chi connectivity index (χ2v) is 3.60. The molecule has 0 aliphatic rings. The van der Waals surface area contributed by atoms with Gasteiger partial charge in [-0.3, -0.25) is 4.79 Å². The number of carbonyl (C=O) groups is 1. The van der Waals surface area contributed by atoms with E-state index in [4.69, 9.17) is 16.7 Å². The summed E-state index contributed by atoms with van der Waals surface area (Å²) in [7, 11) is 0. The molecule has 0 fully saturated rings. The molecule has 0 amide bonds. The lowest BCUT2D eigenvalue weighted by Crippen LogP contribution is -2.03. The first-order valence-corrected chi connectivity index (χ1v) is 4.49. The Hall–Kier alpha value is -0.580. The Bertz CT molecular complexity index is 284. The van der Waals surface area contributed by atoms with Crippen LogP contribution in [-0.2, 0) is 4.79 Å². The van der Waals surface area contributed by atoms with Crippen LogP contribution in [0.1, 0.15) is 17.4 Å². The van der Waals surface area contributed by atoms with Crippen LogP contribution in [0.4, 0.5) is 0 Å². The Morgan fingerprint density at radius 2 is 2.42 bits per heavy atom. The zero-order valence-corrected chi connectivity index (χ0v) is 7.60. The van der Waals surface area contributed by atoms with Gasteiger partial charge in [-0.15, -0.1) is 11.3 Å². The summed E-state index contributed by atoms with van der Waals surface area (Å²) in [5.41, 5.74) is 0. The maximum Gasteiger partial charge on any atom is 0.306 e. The van der Waals surface area contributed by atoms with Gasteiger partial charge >= 0.3 is 5.97 Å². The lowest BCUT2D eigenvalue weighted by molar-refractivity contribution is -0.139. The minimum Gasteiger partial charge on any atom is -0.481 e. The summed E-state index contributed by atoms with van der Waals surface area (Å²) in [6.07, 6.45) is -1.30. The fraction of sp³-hybridized carbons (Fsp3) is 0.286. The number of hydrogen-bond acceptors (Lipinski definition) is 3. The van der Waals surface area contributed by atoms with E-state index >= 15 is 0 Å². The highest BCUT2D eigenvalue weighted by molar-refractivity contribution is 7.10. The van der Waals surface area contributed by atoms with E-state index in [1.165, 1.54) is 11.3 Å². The fourth-order valence-electron chi connectivity index (χ4n) is 0.801. The molecule has 1 rings (SSSR count). The predicted molar refractivity (Wildman–Crippen MR) is 46.5 cm³/mol. The van der Waals surface area contributed by atoms with E-state index in [9.17, 15) is 9.90 Å². The first kappa shape index (κ1) is 9.51. The molecule has 0 radical (unpaired) electrons. The molecule has 1 aromatic heterocycles. The number of rotatable bonds is 3. The van der Waals surface area contributed by atoms with E-state index < -0.39 is 12.1 Å². The largest absolute Gasteiger partial charge is 0.481 e. The normalized spacial score (nSPS) is 12.8. The van der Waals surface area contributed by atoms with E-state index in [2.05, 4.69) is 0 Å². The van der Waals surface area contributed by atoms with Crippen LogP contribution in [0.3, 0.4) is 0 Å². The number of hydrogen-bond donors (Lipinski definition) is 2. The number of carboxylic acids is 1. The van der Waals surface area contributed by atoms with E-state index in [1.807, 2.05) is 0 Å². The van der Waals surface area contributed by atoms with Crippen molar-refractivity contribution in [3.05, 3.63) is 21.3 Å². The van der Waals surface area contributed by atoms with Crippen molar-refractivity contribution in [2.24, 2.45) is 0 Å². The molecular weight excluding hydrogens is 200 g/mol. The first-order chi connectivity index (χ1) is 5.61. The number of aliphatic carboxylic acids is 1. The van der Waals surface area contributed by atoms with Crippen molar-refractivity contribution in [2.45, 2.75) is 12.5 Å². The molecule has 0 saturated carbocycles. The van der Waals surface area contributed by atoms with Crippen molar-refractivity contribution in [1.29, 1.82) is 0 Å². The summed E-state index contributed by atoms with van der Waals surface area (Å²) < 4.78 is 0. The van der Waals surface area contributed by atoms with Crippen molar-refractivity contribution in [1.82, 2.24) is 0 Å². The summed E-state index contributed by atoms with van der Waals surface area (Å²) >= 11 is 6.93. The molecule has 12 heavy (non-hydrogen) atoms. The molecule has 5 heteroatoms. The molecule has 0 aliphatic carbocycles. The average molecular weight is 207 g/mol. The summed E-state index contributed by atoms with van der Waals surface area (Å²) in [6, 6.07) is 1.63. The fourth-order valence-corrected chi connectivity index (χ4v) is 1.97. The van der Waals surface area contributed by atoms with Crippen LogP contribution in [0.15, 0.2) is 11.4 Å². The van der Waals surface area contributed by atoms with Crippen molar-refractivity contribution in [3.8, 4) is 0 Å². The van der Waals surface area contributed by atoms with Crippen molar-refractivity contribution < 1.29 is 15.0 Å². The van der Waals surface area contributed by atoms with Gasteiger partial charge in [-0.25, -0.2) is 0 Å². The van der Waals surface area contributed by atoms with Gasteiger partial charge < -0.3 is 10.2 Å². The highest BCUT2D eigenvalue weighted by Crippen LogP contribution is 2.30. The Morgan fingerprint density at radius 3 is 2.83 bits per heavy atom. The second-order valence-electron chi connectivity index (χ2n) is 2.25. The first-order valence-electron chi connectivity index (χ1n) is 3.24. The summed E-state index contributed by atoms with van der Waals surface area (Å²) in [5.74, 6) is -1.04. The van der Waals surface area contributed by atoms with Crippen LogP contribution in [0.25, 0.3) is 0 Å². The zero-order valence-electron chi connectivity index (χ0n) is 6.03. The number of aliphatic hydroxyl groups is 1. The molecule has 1 heterocycles. The maximum absolute atomic E-state index is 10.2. The van der Waals surface area contributed by atoms with Gasteiger partial charge in [0.25, 0.3) is 0 Å². The third-order valence-corrected chi connectivity index (χ3v) is 2.78. The van der Waals surface area contributed by atoms with E-state index in [0.29, 0.717) is 9.90 Å². The van der Waals surface area contributed by atoms with Crippen LogP contribution < -0.4 is 0 Å². The van der Waals surface area contributed by atoms with Crippen molar-refractivity contribution >= 4 is 28.9 Å². The van der Waals surface area contributed by atoms with Gasteiger partial charge in [0, 0.05) is 0 Å². The number of thiophene rings is 1. The number of carboxylic acid groups (broad SMARTS) is 1. The average Bonchev–Trinajstić information content (AvgIpc) is 2.33. The highest BCUT2D eigenvalue weighted by Gasteiger charge is 2.15. The third kappa shape index (κ3) is 2.20. The molecule has 0 aromatic carbocycles. The minimum atomic E-state index is -1.04. The quantitative estimate of drug-likeness (QED) is 0.795. The third-order valence-electron chi connectivity index (χ3n) is 1.32. The molecule has 0 saturated heterocycles. The standard InChI is InChI=1S/C7H7ClO3S/c8-4-1-2-12-7(4)5(9)3-6(10)11/h1-2,5,9H,3H2,(H,10,11)/t5-/m1/s1. The SMILES string of the molecule is O=C(O)C[C@@H](O)c1sccc1Cl. The monoisotopic (exact) mass is 206 g/mol. The molecule has 1 aromatic rings. The summed E-state index contributed by atoms with van der Waals surface area (Å²) in [6.45, 7) is 0. The Morgan fingerprint density at radius 1 is 1.75 bits per heavy atom. The smallest absolute Gasteiger partial charge is 0.306 e. The lowest BCUT2D eigenvalue weighted by Gasteiger charge is -2.04. The maximum atomic E-state index is 10.2. The number of aliphatic hydroxyl groups excluding tert-OH is 1. The molecule has 2 N–H and O–H groups in total. The Balaban J connectivity index is 2.71. The minimum absolute atomic E-state index is 0.305. The van der Waals surface area contributed by atoms with Gasteiger partial charge in [0.2, 0.25) is 0 Å². The molecule has 66 valence electrons. The van der Waals surface area contributed by atoms with Gasteiger partial charge in [-0.05, 0) is 11.4 Å². The van der Waals surface area contributed by atoms with E-state index in [-0.39, 0.29) is 6.42 Å². The van der Waals surface area contributed by atoms with Crippen LogP contribution in [0.2, 0.25) is 5.02 Å². The van der Waals surface area contributed by atoms with E-state index in [0.717, 1.165) is 0 Å². The summed E-state index contributed by atoms with van der Waals surface area (Å²) in [4.78, 5) is 10.7. The lowest BCUT2D eigenvalue weighted by atomic mass is 10.2. The second kappa shape index (κ2) is 3.89. The van der Waals surface area contributed by atoms with Gasteiger partial charge in [-0.2, -0.15) is 0 Å². The van der Waals surface area contributed by atoms with Gasteiger partial charge in [0.15, 0.2) is 0 Å². The van der Waals surface area contributed by atoms with Crippen LogP contribution in [0, 0.1) is 0 Å². The molecule has 0 aliphatic heterocycles. The Labute approximate surface area is 78.2 Å². The zero-order chi connectivity index (χ0) is 9.14. The van der Waals surface area contributed by atoms with Crippen LogP contribution >= 0.6 is 22.9 Å². The molecule has 0 bridgehead atoms. The van der Waals surface area contributed by atoms with E-state index in [1.54, 1.807) is 11.4 Å². The molecular formula is C7H7ClO3S. The summed E-state index contributed by atoms with van der Waals surface area (Å²) in [5, 5.41) is 19.8. The predicted octanol–water partition coefficient (Wildman–Crippen LogP) is 1.91. The van der Waals surface area contributed by atoms with Crippen LogP contribution in [0.5, 0.6) is 0 Å². The van der Waals surface area contributed by atoms with Gasteiger partial charge in [0.05, 0.1) is 16.3 Å². The Kier molecular flexibility index (Phi) is 3.08. The number of halogens is 1. The molecule has 3 nitrogen and oxygen atoms in total. The topological polar surface area (TPSA) is 57.5 Å². The van der Waals surface area contributed by atoms with Crippen molar-refractivity contribution in [3.63, 3.8) is 0 Å². The molecule has 0 spiro atoms.